The summed E-state index contributed by atoms with van der Waals surface area (Å²) >= 11 is 0. The number of carbonyl (C=O) groups is 1. The predicted octanol–water partition coefficient (Wildman–Crippen LogP) is 3.63. The maximum Gasteiger partial charge on any atom is 0.410 e. The molecule has 1 aromatic rings. The van der Waals surface area contributed by atoms with Gasteiger partial charge in [0.2, 0.25) is 0 Å². The number of nitrogens with one attached hydrogen (secondary N) is 2. The average molecular weight is 518 g/mol. The van der Waals surface area contributed by atoms with Crippen LogP contribution in [0.5, 0.6) is 5.75 Å². The molecule has 1 aliphatic rings. The summed E-state index contributed by atoms with van der Waals surface area (Å²) in [4.78, 5) is 18.4. The zero-order valence-electron chi connectivity index (χ0n) is 18.2. The van der Waals surface area contributed by atoms with Gasteiger partial charge < -0.3 is 25.0 Å². The van der Waals surface area contributed by atoms with Gasteiger partial charge in [-0.1, -0.05) is 12.1 Å². The molecule has 164 valence electrons. The fourth-order valence-electron chi connectivity index (χ4n) is 3.15. The summed E-state index contributed by atoms with van der Waals surface area (Å²) in [7, 11) is 3.42. The Kier molecular flexibility index (Phi) is 10.6. The summed E-state index contributed by atoms with van der Waals surface area (Å²) in [6.45, 7) is 8.56. The van der Waals surface area contributed by atoms with Gasteiger partial charge in [0.1, 0.15) is 11.4 Å². The van der Waals surface area contributed by atoms with Gasteiger partial charge in [-0.3, -0.25) is 4.99 Å². The van der Waals surface area contributed by atoms with Crippen LogP contribution >= 0.6 is 24.0 Å². The molecule has 7 nitrogen and oxygen atoms in total. The summed E-state index contributed by atoms with van der Waals surface area (Å²) < 4.78 is 10.8. The van der Waals surface area contributed by atoms with E-state index in [1.54, 1.807) is 14.2 Å². The number of guanidine groups is 1. The number of hydrogen-bond donors (Lipinski definition) is 2. The molecule has 0 bridgehead atoms. The molecule has 1 heterocycles. The number of piperidine rings is 1. The molecule has 0 aromatic heterocycles. The molecule has 1 saturated heterocycles. The fraction of sp³-hybridized carbons (Fsp3) is 0.619. The zero-order valence-corrected chi connectivity index (χ0v) is 20.5. The van der Waals surface area contributed by atoms with Crippen LogP contribution in [-0.4, -0.2) is 56.3 Å². The lowest BCUT2D eigenvalue weighted by molar-refractivity contribution is 0.0168. The van der Waals surface area contributed by atoms with E-state index in [-0.39, 0.29) is 30.1 Å². The normalized spacial score (nSPS) is 17.2. The Bertz CT molecular complexity index is 676. The Morgan fingerprint density at radius 2 is 2.07 bits per heavy atom. The smallest absolute Gasteiger partial charge is 0.410 e. The molecular weight excluding hydrogens is 483 g/mol. The van der Waals surface area contributed by atoms with Crippen molar-refractivity contribution in [2.24, 2.45) is 10.9 Å². The molecule has 0 aliphatic carbocycles. The third-order valence-electron chi connectivity index (χ3n) is 4.55. The third kappa shape index (κ3) is 9.10. The Labute approximate surface area is 191 Å². The molecule has 1 amide bonds. The number of carbonyl (C=O) groups excluding carboxylic acids is 1. The first kappa shape index (κ1) is 25.3. The van der Waals surface area contributed by atoms with Crippen LogP contribution in [0.1, 0.15) is 39.2 Å². The lowest BCUT2D eigenvalue weighted by atomic mass is 9.98. The van der Waals surface area contributed by atoms with Gasteiger partial charge in [-0.2, -0.15) is 0 Å². The number of nitrogens with zero attached hydrogens (tertiary/aromatic N) is 2. The van der Waals surface area contributed by atoms with Gasteiger partial charge >= 0.3 is 6.09 Å². The quantitative estimate of drug-likeness (QED) is 0.354. The van der Waals surface area contributed by atoms with Crippen molar-refractivity contribution < 1.29 is 14.3 Å². The zero-order chi connectivity index (χ0) is 20.6. The molecule has 1 fully saturated rings. The predicted molar refractivity (Wildman–Crippen MR) is 127 cm³/mol. The highest BCUT2D eigenvalue weighted by Gasteiger charge is 2.27. The van der Waals surface area contributed by atoms with Crippen LogP contribution in [-0.2, 0) is 11.3 Å². The van der Waals surface area contributed by atoms with Crippen LogP contribution in [0, 0.1) is 5.92 Å². The average Bonchev–Trinajstić information content (AvgIpc) is 2.67. The van der Waals surface area contributed by atoms with Crippen molar-refractivity contribution in [1.29, 1.82) is 0 Å². The SMILES string of the molecule is CN=C(NCc1cccc(OC)c1)NCC1CCCN(C(=O)OC(C)(C)C)C1.I. The topological polar surface area (TPSA) is 75.2 Å². The molecule has 2 rings (SSSR count). The van der Waals surface area contributed by atoms with Crippen LogP contribution in [0.25, 0.3) is 0 Å². The van der Waals surface area contributed by atoms with Gasteiger partial charge in [0, 0.05) is 33.2 Å². The van der Waals surface area contributed by atoms with Crippen molar-refractivity contribution in [2.45, 2.75) is 45.8 Å². The monoisotopic (exact) mass is 518 g/mol. The van der Waals surface area contributed by atoms with E-state index in [2.05, 4.69) is 15.6 Å². The second kappa shape index (κ2) is 12.1. The highest BCUT2D eigenvalue weighted by molar-refractivity contribution is 14.0. The number of ether oxygens (including phenoxy) is 2. The van der Waals surface area contributed by atoms with Crippen LogP contribution in [0.15, 0.2) is 29.3 Å². The molecule has 0 spiro atoms. The van der Waals surface area contributed by atoms with E-state index in [1.807, 2.05) is 49.9 Å². The number of rotatable bonds is 5. The van der Waals surface area contributed by atoms with E-state index in [9.17, 15) is 4.79 Å². The van der Waals surface area contributed by atoms with E-state index in [4.69, 9.17) is 9.47 Å². The van der Waals surface area contributed by atoms with Gasteiger partial charge in [0.15, 0.2) is 5.96 Å². The minimum Gasteiger partial charge on any atom is -0.497 e. The van der Waals surface area contributed by atoms with E-state index < -0.39 is 5.60 Å². The Balaban J connectivity index is 0.00000420. The summed E-state index contributed by atoms with van der Waals surface area (Å²) in [5, 5.41) is 6.69. The molecule has 1 aliphatic heterocycles. The minimum atomic E-state index is -0.464. The number of aliphatic imine (C=N–C) groups is 1. The van der Waals surface area contributed by atoms with E-state index in [0.717, 1.165) is 43.2 Å². The number of methoxy groups -OCH3 is 1. The second-order valence-corrected chi connectivity index (χ2v) is 8.09. The standard InChI is InChI=1S/C21H34N4O3.HI/c1-21(2,3)28-20(26)25-11-7-9-17(15-25)14-24-19(22-4)23-13-16-8-6-10-18(12-16)27-5;/h6,8,10,12,17H,7,9,11,13-15H2,1-5H3,(H2,22,23,24);1H. The van der Waals surface area contributed by atoms with Crippen LogP contribution < -0.4 is 15.4 Å². The summed E-state index contributed by atoms with van der Waals surface area (Å²) in [5.41, 5.74) is 0.657. The van der Waals surface area contributed by atoms with Crippen molar-refractivity contribution in [1.82, 2.24) is 15.5 Å². The van der Waals surface area contributed by atoms with Gasteiger partial charge in [0.25, 0.3) is 0 Å². The first-order chi connectivity index (χ1) is 13.3. The fourth-order valence-corrected chi connectivity index (χ4v) is 3.15. The Morgan fingerprint density at radius 1 is 1.31 bits per heavy atom. The first-order valence-corrected chi connectivity index (χ1v) is 9.86. The van der Waals surface area contributed by atoms with Crippen LogP contribution in [0.2, 0.25) is 0 Å². The number of likely N-dealkylation sites (tertiary alicyclic amines) is 1. The first-order valence-electron chi connectivity index (χ1n) is 9.86. The molecule has 0 saturated carbocycles. The molecule has 8 heteroatoms. The highest BCUT2D eigenvalue weighted by atomic mass is 127. The molecule has 1 aromatic carbocycles. The van der Waals surface area contributed by atoms with Gasteiger partial charge in [-0.05, 0) is 57.2 Å². The molecule has 1 atom stereocenters. The number of hydrogen-bond acceptors (Lipinski definition) is 4. The van der Waals surface area contributed by atoms with Crippen molar-refractivity contribution in [3.63, 3.8) is 0 Å². The van der Waals surface area contributed by atoms with Gasteiger partial charge in [-0.25, -0.2) is 4.79 Å². The minimum absolute atomic E-state index is 0. The number of benzene rings is 1. The van der Waals surface area contributed by atoms with Crippen molar-refractivity contribution in [3.8, 4) is 5.75 Å². The maximum absolute atomic E-state index is 12.3. The molecular formula is C21H35IN4O3. The third-order valence-corrected chi connectivity index (χ3v) is 4.55. The van der Waals surface area contributed by atoms with E-state index in [0.29, 0.717) is 19.0 Å². The molecule has 1 unspecified atom stereocenters. The molecule has 29 heavy (non-hydrogen) atoms. The van der Waals surface area contributed by atoms with Crippen molar-refractivity contribution in [3.05, 3.63) is 29.8 Å². The lowest BCUT2D eigenvalue weighted by Gasteiger charge is -2.34. The van der Waals surface area contributed by atoms with Gasteiger partial charge in [-0.15, -0.1) is 24.0 Å². The molecule has 2 N–H and O–H groups in total. The number of amides is 1. The number of halogens is 1. The van der Waals surface area contributed by atoms with Crippen LogP contribution in [0.3, 0.4) is 0 Å². The summed E-state index contributed by atoms with van der Waals surface area (Å²) in [5.74, 6) is 1.96. The van der Waals surface area contributed by atoms with E-state index in [1.165, 1.54) is 0 Å². The molecule has 0 radical (unpaired) electrons. The summed E-state index contributed by atoms with van der Waals surface area (Å²) in [6, 6.07) is 7.94. The van der Waals surface area contributed by atoms with Crippen LogP contribution in [0.4, 0.5) is 4.79 Å². The lowest BCUT2D eigenvalue weighted by Crippen LogP contribution is -2.47. The van der Waals surface area contributed by atoms with E-state index >= 15 is 0 Å². The Morgan fingerprint density at radius 3 is 2.72 bits per heavy atom. The largest absolute Gasteiger partial charge is 0.497 e. The highest BCUT2D eigenvalue weighted by Crippen LogP contribution is 2.19. The van der Waals surface area contributed by atoms with Crippen molar-refractivity contribution in [2.75, 3.05) is 33.8 Å². The summed E-state index contributed by atoms with van der Waals surface area (Å²) in [6.07, 6.45) is 1.85. The van der Waals surface area contributed by atoms with Gasteiger partial charge in [0.05, 0.1) is 7.11 Å². The maximum atomic E-state index is 12.3. The van der Waals surface area contributed by atoms with Crippen molar-refractivity contribution >= 4 is 36.0 Å². The Hall–Kier alpha value is -1.71. The second-order valence-electron chi connectivity index (χ2n) is 8.09.